The molecule has 51 heavy (non-hydrogen) atoms. The maximum absolute atomic E-state index is 13.7. The van der Waals surface area contributed by atoms with Crippen molar-refractivity contribution < 1.29 is 18.6 Å². The number of H-pyrrole nitrogens is 1. The number of hydrogen-bond donors (Lipinski definition) is 1. The molecule has 0 amide bonds. The molecule has 1 saturated heterocycles. The second-order valence-corrected chi connectivity index (χ2v) is 18.4. The minimum Gasteiger partial charge on any atom is -0.450 e. The third-order valence-electron chi connectivity index (χ3n) is 9.46. The molecular formula is C41H44N2O6SSi. The fourth-order valence-corrected chi connectivity index (χ4v) is 11.9. The van der Waals surface area contributed by atoms with E-state index in [1.54, 1.807) is 16.7 Å². The summed E-state index contributed by atoms with van der Waals surface area (Å²) in [4.78, 5) is 29.3. The highest BCUT2D eigenvalue weighted by Crippen LogP contribution is 2.39. The summed E-state index contributed by atoms with van der Waals surface area (Å²) in [5, 5.41) is 1.93. The van der Waals surface area contributed by atoms with Gasteiger partial charge in [0.05, 0.1) is 6.61 Å². The molecule has 0 radical (unpaired) electrons. The molecule has 1 aromatic heterocycles. The zero-order valence-corrected chi connectivity index (χ0v) is 31.2. The van der Waals surface area contributed by atoms with Crippen molar-refractivity contribution >= 4 is 36.1 Å². The molecule has 1 aliphatic rings. The Kier molecular flexibility index (Phi) is 11.2. The van der Waals surface area contributed by atoms with Crippen molar-refractivity contribution in [2.75, 3.05) is 6.61 Å². The fraction of sp³-hybridized carbons (Fsp3) is 0.293. The Morgan fingerprint density at radius 1 is 0.863 bits per heavy atom. The topological polar surface area (TPSA) is 91.8 Å². The molecule has 0 spiro atoms. The van der Waals surface area contributed by atoms with Crippen molar-refractivity contribution in [1.29, 1.82) is 0 Å². The first-order chi connectivity index (χ1) is 24.6. The second kappa shape index (κ2) is 15.7. The molecule has 1 fully saturated rings. The number of ether oxygens (including phenoxy) is 3. The van der Waals surface area contributed by atoms with Gasteiger partial charge in [-0.25, -0.2) is 4.79 Å². The van der Waals surface area contributed by atoms with Gasteiger partial charge in [0.25, 0.3) is 13.9 Å². The lowest BCUT2D eigenvalue weighted by molar-refractivity contribution is -0.0431. The average Bonchev–Trinajstić information content (AvgIpc) is 3.51. The molecule has 6 rings (SSSR count). The number of aromatic nitrogens is 2. The minimum absolute atomic E-state index is 0.0570. The van der Waals surface area contributed by atoms with Gasteiger partial charge in [0.1, 0.15) is 24.2 Å². The third-order valence-corrected chi connectivity index (χ3v) is 14.6. The summed E-state index contributed by atoms with van der Waals surface area (Å²) in [6.07, 6.45) is -0.937. The molecule has 1 N–H and O–H groups in total. The van der Waals surface area contributed by atoms with E-state index in [9.17, 15) is 9.59 Å². The van der Waals surface area contributed by atoms with Gasteiger partial charge in [-0.2, -0.15) is 0 Å². The van der Waals surface area contributed by atoms with Crippen LogP contribution in [0.1, 0.15) is 57.2 Å². The Hall–Kier alpha value is -4.61. The van der Waals surface area contributed by atoms with Gasteiger partial charge in [-0.3, -0.25) is 14.3 Å². The number of aromatic amines is 1. The van der Waals surface area contributed by atoms with Crippen molar-refractivity contribution in [1.82, 2.24) is 9.55 Å². The molecule has 10 heteroatoms. The van der Waals surface area contributed by atoms with E-state index in [2.05, 4.69) is 50.0 Å². The van der Waals surface area contributed by atoms with Gasteiger partial charge in [0.2, 0.25) is 0 Å². The predicted molar refractivity (Wildman–Crippen MR) is 207 cm³/mol. The molecule has 3 atom stereocenters. The minimum atomic E-state index is -2.96. The maximum Gasteiger partial charge on any atom is 0.358 e. The second-order valence-electron chi connectivity index (χ2n) is 13.7. The van der Waals surface area contributed by atoms with Crippen LogP contribution in [0.3, 0.4) is 0 Å². The summed E-state index contributed by atoms with van der Waals surface area (Å²) < 4.78 is 27.9. The van der Waals surface area contributed by atoms with E-state index in [1.165, 1.54) is 0 Å². The number of nitrogens with zero attached hydrogens (tertiary/aromatic N) is 1. The highest BCUT2D eigenvalue weighted by Gasteiger charge is 2.51. The van der Waals surface area contributed by atoms with Crippen LogP contribution in [0.4, 0.5) is 0 Å². The summed E-state index contributed by atoms with van der Waals surface area (Å²) >= 11 is 5.60. The summed E-state index contributed by atoms with van der Waals surface area (Å²) in [7, 11) is -2.96. The van der Waals surface area contributed by atoms with Gasteiger partial charge >= 0.3 is 10.9 Å². The Bertz CT molecular complexity index is 1990. The lowest BCUT2D eigenvalue weighted by Gasteiger charge is -2.43. The number of para-hydroxylation sites is 1. The van der Waals surface area contributed by atoms with Crippen molar-refractivity contribution in [3.63, 3.8) is 0 Å². The molecule has 1 aliphatic heterocycles. The van der Waals surface area contributed by atoms with Crippen LogP contribution >= 0.6 is 12.2 Å². The third kappa shape index (κ3) is 7.84. The SMILES string of the molecule is CCc1c(Cc2ccccc2)n([C@H]2C[C@H](OC(=S)Oc3ccccc3)[C@@H](CO[Si](c3ccccc3)(c3ccccc3)C(C)(C)C)O2)c(=O)[nH]c1=O. The molecule has 8 nitrogen and oxygen atoms in total. The summed E-state index contributed by atoms with van der Waals surface area (Å²) in [6, 6.07) is 39.8. The first-order valence-corrected chi connectivity index (χ1v) is 19.7. The van der Waals surface area contributed by atoms with E-state index in [0.717, 1.165) is 15.9 Å². The van der Waals surface area contributed by atoms with Crippen LogP contribution in [0.15, 0.2) is 131 Å². The molecule has 264 valence electrons. The molecule has 2 heterocycles. The van der Waals surface area contributed by atoms with E-state index in [4.69, 9.17) is 30.9 Å². The number of benzene rings is 4. The summed E-state index contributed by atoms with van der Waals surface area (Å²) in [5.41, 5.74) is 1.19. The zero-order valence-electron chi connectivity index (χ0n) is 29.4. The quantitative estimate of drug-likeness (QED) is 0.127. The van der Waals surface area contributed by atoms with Crippen LogP contribution in [0, 0.1) is 0 Å². The summed E-state index contributed by atoms with van der Waals surface area (Å²) in [5.74, 6) is 0.549. The highest BCUT2D eigenvalue weighted by molar-refractivity contribution is 7.79. The van der Waals surface area contributed by atoms with E-state index in [-0.39, 0.29) is 28.9 Å². The van der Waals surface area contributed by atoms with Gasteiger partial charge < -0.3 is 18.6 Å². The van der Waals surface area contributed by atoms with Crippen molar-refractivity contribution in [2.45, 2.75) is 70.4 Å². The van der Waals surface area contributed by atoms with Crippen molar-refractivity contribution in [3.05, 3.63) is 159 Å². The molecule has 4 aromatic carbocycles. The molecule has 5 aromatic rings. The van der Waals surface area contributed by atoms with E-state index in [1.807, 2.05) is 91.9 Å². The number of nitrogens with one attached hydrogen (secondary N) is 1. The monoisotopic (exact) mass is 720 g/mol. The standard InChI is InChI=1S/C41H44N2O6SSi/c1-5-33-34(26-29-18-10-6-11-19-29)43(39(45)42-38(33)44)37-27-35(49-40(50)47-30-20-12-7-13-21-30)36(48-37)28-46-51(41(2,3)4,31-22-14-8-15-23-31)32-24-16-9-17-25-32/h6-25,35-37H,5,26-28H2,1-4H3,(H,42,44,45)/t35-,36+,37+/m0/s1. The maximum atomic E-state index is 13.7. The Morgan fingerprint density at radius 3 is 1.96 bits per heavy atom. The van der Waals surface area contributed by atoms with Crippen LogP contribution in [-0.2, 0) is 26.7 Å². The molecule has 0 aliphatic carbocycles. The van der Waals surface area contributed by atoms with E-state index < -0.39 is 32.4 Å². The molecule has 0 bridgehead atoms. The highest BCUT2D eigenvalue weighted by atomic mass is 32.1. The Labute approximate surface area is 305 Å². The van der Waals surface area contributed by atoms with Gasteiger partial charge in [-0.1, -0.05) is 137 Å². The number of rotatable bonds is 11. The number of hydrogen-bond acceptors (Lipinski definition) is 7. The summed E-state index contributed by atoms with van der Waals surface area (Å²) in [6.45, 7) is 8.73. The Balaban J connectivity index is 1.39. The van der Waals surface area contributed by atoms with E-state index in [0.29, 0.717) is 29.8 Å². The van der Waals surface area contributed by atoms with Gasteiger partial charge in [0, 0.05) is 36.3 Å². The zero-order chi connectivity index (χ0) is 36.0. The first kappa shape index (κ1) is 36.2. The van der Waals surface area contributed by atoms with Crippen molar-refractivity contribution in [3.8, 4) is 5.75 Å². The largest absolute Gasteiger partial charge is 0.450 e. The van der Waals surface area contributed by atoms with Gasteiger partial charge in [0.15, 0.2) is 0 Å². The van der Waals surface area contributed by atoms with E-state index >= 15 is 0 Å². The molecule has 0 unspecified atom stereocenters. The van der Waals surface area contributed by atoms with Gasteiger partial charge in [-0.05, 0) is 39.5 Å². The van der Waals surface area contributed by atoms with Crippen molar-refractivity contribution in [2.24, 2.45) is 0 Å². The lowest BCUT2D eigenvalue weighted by atomic mass is 10.0. The number of thiocarbonyl (C=S) groups is 1. The van der Waals surface area contributed by atoms with Gasteiger partial charge in [-0.15, -0.1) is 0 Å². The predicted octanol–water partition coefficient (Wildman–Crippen LogP) is 6.30. The normalized spacial score (nSPS) is 17.6. The Morgan fingerprint density at radius 2 is 1.41 bits per heavy atom. The fourth-order valence-electron chi connectivity index (χ4n) is 7.12. The first-order valence-electron chi connectivity index (χ1n) is 17.3. The average molecular weight is 721 g/mol. The molecular weight excluding hydrogens is 677 g/mol. The smallest absolute Gasteiger partial charge is 0.358 e. The van der Waals surface area contributed by atoms with Crippen LogP contribution in [-0.4, -0.2) is 41.9 Å². The van der Waals surface area contributed by atoms with Crippen LogP contribution in [0.5, 0.6) is 5.75 Å². The molecule has 0 saturated carbocycles. The van der Waals surface area contributed by atoms with Crippen LogP contribution in [0.2, 0.25) is 5.04 Å². The van der Waals surface area contributed by atoms with Crippen LogP contribution in [0.25, 0.3) is 0 Å². The van der Waals surface area contributed by atoms with Crippen LogP contribution < -0.4 is 26.4 Å². The lowest BCUT2D eigenvalue weighted by Crippen LogP contribution is -2.67.